The second-order valence-electron chi connectivity index (χ2n) is 5.33. The number of carbonyl (C=O) groups excluding carboxylic acids is 1. The summed E-state index contributed by atoms with van der Waals surface area (Å²) in [6.07, 6.45) is 3.94. The van der Waals surface area contributed by atoms with Gasteiger partial charge in [0.1, 0.15) is 5.82 Å². The first-order chi connectivity index (χ1) is 9.80. The molecule has 5 nitrogen and oxygen atoms in total. The molecule has 1 aromatic rings. The Labute approximate surface area is 124 Å². The molecule has 116 valence electrons. The van der Waals surface area contributed by atoms with E-state index in [1.165, 1.54) is 13.0 Å². The molecule has 0 saturated carbocycles. The zero-order valence-corrected chi connectivity index (χ0v) is 12.7. The quantitative estimate of drug-likeness (QED) is 0.904. The summed E-state index contributed by atoms with van der Waals surface area (Å²) in [5.41, 5.74) is -0.0334. The molecule has 7 heteroatoms. The summed E-state index contributed by atoms with van der Waals surface area (Å²) in [5.74, 6) is -1.08. The fourth-order valence-electron chi connectivity index (χ4n) is 2.53. The van der Waals surface area contributed by atoms with Gasteiger partial charge in [-0.05, 0) is 31.9 Å². The van der Waals surface area contributed by atoms with E-state index in [9.17, 15) is 17.6 Å². The first-order valence-corrected chi connectivity index (χ1v) is 8.47. The van der Waals surface area contributed by atoms with Crippen LogP contribution in [0.2, 0.25) is 0 Å². The predicted octanol–water partition coefficient (Wildman–Crippen LogP) is 1.80. The number of benzene rings is 1. The van der Waals surface area contributed by atoms with Gasteiger partial charge in [-0.15, -0.1) is 0 Å². The third-order valence-electron chi connectivity index (χ3n) is 3.74. The molecule has 2 rings (SSSR count). The van der Waals surface area contributed by atoms with E-state index in [1.807, 2.05) is 0 Å². The van der Waals surface area contributed by atoms with Crippen LogP contribution in [-0.4, -0.2) is 32.3 Å². The molecule has 0 radical (unpaired) electrons. The van der Waals surface area contributed by atoms with Gasteiger partial charge in [0.2, 0.25) is 10.0 Å². The zero-order valence-electron chi connectivity index (χ0n) is 11.9. The second kappa shape index (κ2) is 6.11. The number of nitrogens with two attached hydrogens (primary N) is 1. The van der Waals surface area contributed by atoms with Gasteiger partial charge in [0.25, 0.3) is 5.91 Å². The summed E-state index contributed by atoms with van der Waals surface area (Å²) < 4.78 is 36.9. The van der Waals surface area contributed by atoms with E-state index in [0.717, 1.165) is 31.7 Å². The molecule has 0 atom stereocenters. The molecule has 0 spiro atoms. The Bertz CT molecular complexity index is 650. The van der Waals surface area contributed by atoms with E-state index in [-0.39, 0.29) is 21.9 Å². The third kappa shape index (κ3) is 3.59. The van der Waals surface area contributed by atoms with E-state index < -0.39 is 15.8 Å². The van der Waals surface area contributed by atoms with Gasteiger partial charge >= 0.3 is 0 Å². The minimum absolute atomic E-state index is 0.0315. The van der Waals surface area contributed by atoms with Crippen LogP contribution >= 0.6 is 0 Å². The van der Waals surface area contributed by atoms with Crippen molar-refractivity contribution in [1.29, 1.82) is 0 Å². The number of hydrogen-bond donors (Lipinski definition) is 1. The van der Waals surface area contributed by atoms with Crippen molar-refractivity contribution < 1.29 is 17.6 Å². The lowest BCUT2D eigenvalue weighted by atomic mass is 10.1. The van der Waals surface area contributed by atoms with Gasteiger partial charge in [-0.25, -0.2) is 17.9 Å². The van der Waals surface area contributed by atoms with E-state index in [0.29, 0.717) is 13.1 Å². The number of carbonyl (C=O) groups is 1. The lowest BCUT2D eigenvalue weighted by Crippen LogP contribution is -2.32. The van der Waals surface area contributed by atoms with Crippen molar-refractivity contribution >= 4 is 15.9 Å². The molecule has 1 aliphatic heterocycles. The van der Waals surface area contributed by atoms with Crippen molar-refractivity contribution in [2.45, 2.75) is 37.5 Å². The fourth-order valence-corrected chi connectivity index (χ4v) is 3.34. The van der Waals surface area contributed by atoms with Gasteiger partial charge < -0.3 is 4.90 Å². The van der Waals surface area contributed by atoms with Crippen LogP contribution in [0, 0.1) is 12.7 Å². The van der Waals surface area contributed by atoms with Gasteiger partial charge in [0, 0.05) is 24.2 Å². The summed E-state index contributed by atoms with van der Waals surface area (Å²) >= 11 is 0. The van der Waals surface area contributed by atoms with Gasteiger partial charge in [0.05, 0.1) is 4.90 Å². The molecule has 1 amide bonds. The minimum atomic E-state index is -4.06. The molecule has 1 heterocycles. The highest BCUT2D eigenvalue weighted by Crippen LogP contribution is 2.21. The SMILES string of the molecule is Cc1c(F)cc(C(=O)N2CCCCCC2)cc1S(N)(=O)=O. The van der Waals surface area contributed by atoms with Gasteiger partial charge in [-0.2, -0.15) is 0 Å². The highest BCUT2D eigenvalue weighted by molar-refractivity contribution is 7.89. The smallest absolute Gasteiger partial charge is 0.254 e. The van der Waals surface area contributed by atoms with Crippen molar-refractivity contribution in [1.82, 2.24) is 4.90 Å². The maximum absolute atomic E-state index is 13.9. The topological polar surface area (TPSA) is 80.5 Å². The number of nitrogens with zero attached hydrogens (tertiary/aromatic N) is 1. The standard InChI is InChI=1S/C14H19FN2O3S/c1-10-12(15)8-11(9-13(10)21(16,19)20)14(18)17-6-4-2-3-5-7-17/h8-9H,2-7H2,1H3,(H2,16,19,20). The molecular weight excluding hydrogens is 295 g/mol. The molecule has 0 aliphatic carbocycles. The van der Waals surface area contributed by atoms with Crippen molar-refractivity contribution in [3.63, 3.8) is 0 Å². The highest BCUT2D eigenvalue weighted by atomic mass is 32.2. The molecule has 21 heavy (non-hydrogen) atoms. The van der Waals surface area contributed by atoms with Gasteiger partial charge in [-0.3, -0.25) is 4.79 Å². The van der Waals surface area contributed by atoms with Crippen LogP contribution in [-0.2, 0) is 10.0 Å². The van der Waals surface area contributed by atoms with Crippen LogP contribution in [0.4, 0.5) is 4.39 Å². The number of primary sulfonamides is 1. The predicted molar refractivity (Wildman–Crippen MR) is 76.9 cm³/mol. The molecule has 2 N–H and O–H groups in total. The van der Waals surface area contributed by atoms with Crippen LogP contribution in [0.15, 0.2) is 17.0 Å². The number of amides is 1. The first kappa shape index (κ1) is 15.9. The summed E-state index contributed by atoms with van der Waals surface area (Å²) in [5, 5.41) is 5.08. The Balaban J connectivity index is 2.39. The average Bonchev–Trinajstić information content (AvgIpc) is 2.68. The number of halogens is 1. The van der Waals surface area contributed by atoms with Crippen LogP contribution < -0.4 is 5.14 Å². The summed E-state index contributed by atoms with van der Waals surface area (Å²) in [4.78, 5) is 13.7. The van der Waals surface area contributed by atoms with Crippen molar-refractivity contribution in [3.8, 4) is 0 Å². The zero-order chi connectivity index (χ0) is 15.6. The van der Waals surface area contributed by atoms with Crippen LogP contribution in [0.25, 0.3) is 0 Å². The minimum Gasteiger partial charge on any atom is -0.339 e. The highest BCUT2D eigenvalue weighted by Gasteiger charge is 2.22. The summed E-state index contributed by atoms with van der Waals surface area (Å²) in [6, 6.07) is 2.25. The molecule has 1 saturated heterocycles. The number of likely N-dealkylation sites (tertiary alicyclic amines) is 1. The largest absolute Gasteiger partial charge is 0.339 e. The van der Waals surface area contributed by atoms with Crippen LogP contribution in [0.1, 0.15) is 41.6 Å². The lowest BCUT2D eigenvalue weighted by molar-refractivity contribution is 0.0761. The second-order valence-corrected chi connectivity index (χ2v) is 6.86. The molecule has 1 aliphatic rings. The van der Waals surface area contributed by atoms with Crippen molar-refractivity contribution in [2.75, 3.05) is 13.1 Å². The fraction of sp³-hybridized carbons (Fsp3) is 0.500. The average molecular weight is 314 g/mol. The first-order valence-electron chi connectivity index (χ1n) is 6.93. The molecule has 0 bridgehead atoms. The molecule has 1 aromatic carbocycles. The number of rotatable bonds is 2. The Kier molecular flexibility index (Phi) is 4.63. The number of sulfonamides is 1. The maximum Gasteiger partial charge on any atom is 0.254 e. The maximum atomic E-state index is 13.9. The Morgan fingerprint density at radius 2 is 1.76 bits per heavy atom. The van der Waals surface area contributed by atoms with Gasteiger partial charge in [-0.1, -0.05) is 12.8 Å². The van der Waals surface area contributed by atoms with Gasteiger partial charge in [0.15, 0.2) is 0 Å². The Morgan fingerprint density at radius 1 is 1.19 bits per heavy atom. The van der Waals surface area contributed by atoms with Crippen LogP contribution in [0.5, 0.6) is 0 Å². The molecule has 1 fully saturated rings. The van der Waals surface area contributed by atoms with E-state index in [1.54, 1.807) is 4.90 Å². The summed E-state index contributed by atoms with van der Waals surface area (Å²) in [6.45, 7) is 2.55. The van der Waals surface area contributed by atoms with Crippen molar-refractivity contribution in [2.24, 2.45) is 5.14 Å². The number of hydrogen-bond acceptors (Lipinski definition) is 3. The molecule has 0 aromatic heterocycles. The van der Waals surface area contributed by atoms with E-state index >= 15 is 0 Å². The lowest BCUT2D eigenvalue weighted by Gasteiger charge is -2.21. The van der Waals surface area contributed by atoms with E-state index in [2.05, 4.69) is 0 Å². The molecule has 0 unspecified atom stereocenters. The Hall–Kier alpha value is -1.47. The Morgan fingerprint density at radius 3 is 2.29 bits per heavy atom. The van der Waals surface area contributed by atoms with Crippen molar-refractivity contribution in [3.05, 3.63) is 29.1 Å². The third-order valence-corrected chi connectivity index (χ3v) is 4.78. The monoisotopic (exact) mass is 314 g/mol. The van der Waals surface area contributed by atoms with Crippen LogP contribution in [0.3, 0.4) is 0 Å². The summed E-state index contributed by atoms with van der Waals surface area (Å²) in [7, 11) is -4.06. The molecular formula is C14H19FN2O3S. The van der Waals surface area contributed by atoms with E-state index in [4.69, 9.17) is 5.14 Å². The normalized spacial score (nSPS) is 16.6.